The molecule has 0 bridgehead atoms. The molecule has 0 atom stereocenters. The van der Waals surface area contributed by atoms with E-state index >= 15 is 0 Å². The second kappa shape index (κ2) is 4.88. The summed E-state index contributed by atoms with van der Waals surface area (Å²) >= 11 is 11.6. The second-order valence-corrected chi connectivity index (χ2v) is 4.57. The van der Waals surface area contributed by atoms with Crippen molar-refractivity contribution in [3.63, 3.8) is 0 Å². The Balaban J connectivity index is 2.26. The van der Waals surface area contributed by atoms with E-state index < -0.39 is 11.6 Å². The lowest BCUT2D eigenvalue weighted by Crippen LogP contribution is -2.29. The first-order valence-corrected chi connectivity index (χ1v) is 5.77. The number of benzene rings is 1. The first-order valence-electron chi connectivity index (χ1n) is 5.02. The van der Waals surface area contributed by atoms with E-state index in [1.165, 1.54) is 18.2 Å². The average Bonchev–Trinajstić information content (AvgIpc) is 2.56. The Morgan fingerprint density at radius 1 is 1.22 bits per heavy atom. The Kier molecular flexibility index (Phi) is 3.45. The minimum Gasteiger partial charge on any atom is -0.306 e. The van der Waals surface area contributed by atoms with Gasteiger partial charge in [0.15, 0.2) is 0 Å². The maximum absolute atomic E-state index is 11.8. The van der Waals surface area contributed by atoms with Crippen molar-refractivity contribution in [2.45, 2.75) is 6.92 Å². The van der Waals surface area contributed by atoms with Gasteiger partial charge in [-0.05, 0) is 25.1 Å². The zero-order valence-corrected chi connectivity index (χ0v) is 10.8. The van der Waals surface area contributed by atoms with Gasteiger partial charge in [0.05, 0.1) is 0 Å². The number of anilines is 1. The van der Waals surface area contributed by atoms with Crippen LogP contribution in [0.3, 0.4) is 0 Å². The normalized spacial score (nSPS) is 10.4. The van der Waals surface area contributed by atoms with Crippen LogP contribution < -0.4 is 10.9 Å². The molecule has 0 unspecified atom stereocenters. The third kappa shape index (κ3) is 2.75. The number of aromatic amines is 1. The van der Waals surface area contributed by atoms with Crippen LogP contribution in [0, 0.1) is 6.92 Å². The van der Waals surface area contributed by atoms with E-state index in [4.69, 9.17) is 23.2 Å². The number of H-pyrrole nitrogens is 1. The van der Waals surface area contributed by atoms with Gasteiger partial charge in [0, 0.05) is 27.5 Å². The van der Waals surface area contributed by atoms with Gasteiger partial charge in [0.1, 0.15) is 0 Å². The third-order valence-corrected chi connectivity index (χ3v) is 2.60. The number of hydrogen-bond acceptors (Lipinski definition) is 2. The Hall–Kier alpha value is -1.72. The molecule has 1 aromatic heterocycles. The van der Waals surface area contributed by atoms with Crippen LogP contribution in [0.5, 0.6) is 0 Å². The van der Waals surface area contributed by atoms with Gasteiger partial charge >= 0.3 is 6.03 Å². The molecule has 2 N–H and O–H groups in total. The zero-order chi connectivity index (χ0) is 13.3. The smallest absolute Gasteiger partial charge is 0.306 e. The number of aromatic nitrogens is 2. The summed E-state index contributed by atoms with van der Waals surface area (Å²) in [5.74, 6) is 0. The average molecular weight is 286 g/mol. The molecule has 2 aromatic rings. The van der Waals surface area contributed by atoms with Crippen LogP contribution in [0.2, 0.25) is 10.0 Å². The molecule has 0 saturated carbocycles. The fraction of sp³-hybridized carbons (Fsp3) is 0.0909. The Morgan fingerprint density at radius 2 is 1.83 bits per heavy atom. The standard InChI is InChI=1S/C11H9Cl2N3O2/c1-6-2-10(17)16(15-6)11(18)14-9-4-7(12)3-8(13)5-9/h2-5,15H,1H3,(H,14,18). The molecule has 2 rings (SSSR count). The first-order chi connectivity index (χ1) is 8.45. The van der Waals surface area contributed by atoms with Gasteiger partial charge in [-0.1, -0.05) is 23.2 Å². The Morgan fingerprint density at radius 3 is 2.33 bits per heavy atom. The highest BCUT2D eigenvalue weighted by atomic mass is 35.5. The van der Waals surface area contributed by atoms with Crippen LogP contribution >= 0.6 is 23.2 Å². The van der Waals surface area contributed by atoms with Crippen LogP contribution in [0.1, 0.15) is 5.69 Å². The number of amides is 1. The summed E-state index contributed by atoms with van der Waals surface area (Å²) in [7, 11) is 0. The molecule has 1 amide bonds. The van der Waals surface area contributed by atoms with Gasteiger partial charge in [0.25, 0.3) is 5.56 Å². The topological polar surface area (TPSA) is 66.9 Å². The summed E-state index contributed by atoms with van der Waals surface area (Å²) in [5, 5.41) is 5.93. The quantitative estimate of drug-likeness (QED) is 0.846. The third-order valence-electron chi connectivity index (χ3n) is 2.17. The largest absolute Gasteiger partial charge is 0.348 e. The highest BCUT2D eigenvalue weighted by molar-refractivity contribution is 6.35. The summed E-state index contributed by atoms with van der Waals surface area (Å²) in [4.78, 5) is 23.2. The predicted molar refractivity (Wildman–Crippen MR) is 70.7 cm³/mol. The fourth-order valence-corrected chi connectivity index (χ4v) is 2.00. The highest BCUT2D eigenvalue weighted by Gasteiger charge is 2.10. The summed E-state index contributed by atoms with van der Waals surface area (Å²) in [6.45, 7) is 1.68. The molecule has 7 heteroatoms. The molecule has 5 nitrogen and oxygen atoms in total. The van der Waals surface area contributed by atoms with Gasteiger partial charge in [-0.25, -0.2) is 4.79 Å². The number of nitrogens with one attached hydrogen (secondary N) is 2. The molecule has 0 fully saturated rings. The number of carbonyl (C=O) groups is 1. The van der Waals surface area contributed by atoms with Crippen molar-refractivity contribution in [3.05, 3.63) is 50.4 Å². The summed E-state index contributed by atoms with van der Waals surface area (Å²) in [6, 6.07) is 5.33. The Labute approximate surface area is 112 Å². The van der Waals surface area contributed by atoms with E-state index in [0.29, 0.717) is 21.4 Å². The van der Waals surface area contributed by atoms with Crippen molar-refractivity contribution in [1.29, 1.82) is 0 Å². The van der Waals surface area contributed by atoms with Crippen LogP contribution in [0.15, 0.2) is 29.1 Å². The van der Waals surface area contributed by atoms with E-state index in [1.807, 2.05) is 0 Å². The molecular formula is C11H9Cl2N3O2. The second-order valence-electron chi connectivity index (χ2n) is 3.70. The van der Waals surface area contributed by atoms with Crippen molar-refractivity contribution in [2.75, 3.05) is 5.32 Å². The summed E-state index contributed by atoms with van der Waals surface area (Å²) in [5.41, 5.74) is 0.578. The molecular weight excluding hydrogens is 277 g/mol. The molecule has 1 heterocycles. The van der Waals surface area contributed by atoms with Crippen LogP contribution in [-0.2, 0) is 0 Å². The van der Waals surface area contributed by atoms with Crippen molar-refractivity contribution in [1.82, 2.24) is 9.78 Å². The maximum atomic E-state index is 11.8. The minimum atomic E-state index is -0.605. The molecule has 0 saturated heterocycles. The lowest BCUT2D eigenvalue weighted by atomic mass is 10.3. The van der Waals surface area contributed by atoms with Crippen molar-refractivity contribution < 1.29 is 4.79 Å². The van der Waals surface area contributed by atoms with E-state index in [1.54, 1.807) is 13.0 Å². The molecule has 1 aromatic carbocycles. The SMILES string of the molecule is Cc1cc(=O)n(C(=O)Nc2cc(Cl)cc(Cl)c2)[nH]1. The van der Waals surface area contributed by atoms with Gasteiger partial charge in [-0.15, -0.1) is 0 Å². The molecule has 94 valence electrons. The van der Waals surface area contributed by atoms with Crippen molar-refractivity contribution in [2.24, 2.45) is 0 Å². The fourth-order valence-electron chi connectivity index (χ4n) is 1.47. The minimum absolute atomic E-state index is 0.396. The zero-order valence-electron chi connectivity index (χ0n) is 9.33. The van der Waals surface area contributed by atoms with Crippen LogP contribution in [0.25, 0.3) is 0 Å². The number of carbonyl (C=O) groups excluding carboxylic acids is 1. The molecule has 18 heavy (non-hydrogen) atoms. The van der Waals surface area contributed by atoms with Crippen LogP contribution in [0.4, 0.5) is 10.5 Å². The molecule has 0 spiro atoms. The van der Waals surface area contributed by atoms with Crippen LogP contribution in [-0.4, -0.2) is 15.8 Å². The van der Waals surface area contributed by atoms with Gasteiger partial charge in [-0.2, -0.15) is 4.68 Å². The van der Waals surface area contributed by atoms with E-state index in [-0.39, 0.29) is 0 Å². The van der Waals surface area contributed by atoms with Gasteiger partial charge < -0.3 is 5.32 Å². The predicted octanol–water partition coefficient (Wildman–Crippen LogP) is 2.87. The van der Waals surface area contributed by atoms with Gasteiger partial charge in [-0.3, -0.25) is 9.89 Å². The van der Waals surface area contributed by atoms with Crippen molar-refractivity contribution in [3.8, 4) is 0 Å². The number of aryl methyl sites for hydroxylation is 1. The Bertz CT molecular complexity index is 640. The monoisotopic (exact) mass is 285 g/mol. The highest BCUT2D eigenvalue weighted by Crippen LogP contribution is 2.22. The summed E-state index contributed by atoms with van der Waals surface area (Å²) in [6.07, 6.45) is 0. The van der Waals surface area contributed by atoms with E-state index in [0.717, 1.165) is 4.68 Å². The molecule has 0 radical (unpaired) electrons. The molecule has 0 aliphatic rings. The number of hydrogen-bond donors (Lipinski definition) is 2. The van der Waals surface area contributed by atoms with Crippen molar-refractivity contribution >= 4 is 34.9 Å². The lowest BCUT2D eigenvalue weighted by Gasteiger charge is -2.06. The summed E-state index contributed by atoms with van der Waals surface area (Å²) < 4.78 is 0.865. The number of nitrogens with zero attached hydrogens (tertiary/aromatic N) is 1. The number of halogens is 2. The lowest BCUT2D eigenvalue weighted by molar-refractivity contribution is 0.250. The first kappa shape index (κ1) is 12.7. The molecule has 0 aliphatic heterocycles. The number of rotatable bonds is 1. The van der Waals surface area contributed by atoms with Gasteiger partial charge in [0.2, 0.25) is 0 Å². The maximum Gasteiger partial charge on any atom is 0.348 e. The molecule has 0 aliphatic carbocycles. The van der Waals surface area contributed by atoms with E-state index in [2.05, 4.69) is 10.4 Å². The van der Waals surface area contributed by atoms with E-state index in [9.17, 15) is 9.59 Å².